The van der Waals surface area contributed by atoms with Gasteiger partial charge in [-0.25, -0.2) is 9.78 Å². The van der Waals surface area contributed by atoms with Gasteiger partial charge < -0.3 is 15.8 Å². The van der Waals surface area contributed by atoms with Gasteiger partial charge in [-0.3, -0.25) is 4.79 Å². The minimum Gasteiger partial charge on any atom is -0.465 e. The molecule has 1 amide bonds. The normalized spacial score (nSPS) is 14.8. The second kappa shape index (κ2) is 9.33. The van der Waals surface area contributed by atoms with Gasteiger partial charge >= 0.3 is 5.97 Å². The average Bonchev–Trinajstić information content (AvgIpc) is 3.40. The van der Waals surface area contributed by atoms with Crippen molar-refractivity contribution in [3.05, 3.63) is 62.5 Å². The lowest BCUT2D eigenvalue weighted by molar-refractivity contribution is 0.0603. The van der Waals surface area contributed by atoms with Crippen molar-refractivity contribution in [2.24, 2.45) is 0 Å². The number of pyridine rings is 1. The maximum Gasteiger partial charge on any atom is 0.341 e. The number of thiophene rings is 2. The van der Waals surface area contributed by atoms with Gasteiger partial charge in [0.15, 0.2) is 0 Å². The van der Waals surface area contributed by atoms with Gasteiger partial charge in [-0.15, -0.1) is 22.7 Å². The predicted molar refractivity (Wildman–Crippen MR) is 146 cm³/mol. The van der Waals surface area contributed by atoms with Crippen molar-refractivity contribution in [1.29, 1.82) is 0 Å². The van der Waals surface area contributed by atoms with E-state index >= 15 is 0 Å². The summed E-state index contributed by atoms with van der Waals surface area (Å²) in [5, 5.41) is 4.35. The minimum absolute atomic E-state index is 0.319. The average molecular weight is 518 g/mol. The van der Waals surface area contributed by atoms with Crippen LogP contribution in [0.3, 0.4) is 0 Å². The largest absolute Gasteiger partial charge is 0.465 e. The number of methoxy groups -OCH3 is 1. The van der Waals surface area contributed by atoms with Crippen molar-refractivity contribution in [2.45, 2.75) is 51.4 Å². The highest BCUT2D eigenvalue weighted by Crippen LogP contribution is 2.46. The van der Waals surface area contributed by atoms with Gasteiger partial charge in [0, 0.05) is 21.5 Å². The maximum absolute atomic E-state index is 13.5. The number of nitrogens with two attached hydrogens (primary N) is 1. The number of anilines is 2. The molecule has 8 heteroatoms. The van der Waals surface area contributed by atoms with Crippen LogP contribution in [0, 0.1) is 0 Å². The lowest BCUT2D eigenvalue weighted by Gasteiger charge is -2.17. The van der Waals surface area contributed by atoms with Crippen LogP contribution in [0.4, 0.5) is 10.7 Å². The Hall–Kier alpha value is -3.23. The van der Waals surface area contributed by atoms with Gasteiger partial charge in [-0.1, -0.05) is 37.1 Å². The third-order valence-corrected chi connectivity index (χ3v) is 9.49. The molecular weight excluding hydrogens is 490 g/mol. The molecule has 0 radical (unpaired) electrons. The monoisotopic (exact) mass is 517 g/mol. The molecule has 0 fully saturated rings. The van der Waals surface area contributed by atoms with Crippen LogP contribution in [-0.2, 0) is 30.4 Å². The number of benzene rings is 1. The number of carbonyl (C=O) groups excluding carboxylic acids is 2. The number of nitrogens with zero attached hydrogens (tertiary/aromatic N) is 1. The Morgan fingerprint density at radius 2 is 1.81 bits per heavy atom. The molecule has 0 bridgehead atoms. The quantitative estimate of drug-likeness (QED) is 0.307. The van der Waals surface area contributed by atoms with Crippen LogP contribution in [0.25, 0.3) is 21.3 Å². The second-order valence-electron chi connectivity index (χ2n) is 9.41. The summed E-state index contributed by atoms with van der Waals surface area (Å²) in [7, 11) is 1.37. The van der Waals surface area contributed by atoms with Crippen molar-refractivity contribution in [3.8, 4) is 11.1 Å². The zero-order valence-corrected chi connectivity index (χ0v) is 21.7. The highest BCUT2D eigenvalue weighted by atomic mass is 32.1. The van der Waals surface area contributed by atoms with Crippen LogP contribution in [0.15, 0.2) is 30.3 Å². The predicted octanol–water partition coefficient (Wildman–Crippen LogP) is 6.40. The topological polar surface area (TPSA) is 94.3 Å². The first-order chi connectivity index (χ1) is 17.5. The SMILES string of the molecule is COC(=O)c1c(NC(=O)c2sc3nc4c(cc3c2N)CCCCCC4)sc2c1-c1ccccc1CC2. The molecule has 0 unspecified atom stereocenters. The minimum atomic E-state index is -0.453. The first kappa shape index (κ1) is 23.2. The van der Waals surface area contributed by atoms with Gasteiger partial charge in [0.05, 0.1) is 12.8 Å². The molecule has 3 heterocycles. The van der Waals surface area contributed by atoms with Gasteiger partial charge in [0.2, 0.25) is 0 Å². The molecule has 0 saturated carbocycles. The number of nitrogen functional groups attached to an aromatic ring is 1. The van der Waals surface area contributed by atoms with Crippen LogP contribution < -0.4 is 11.1 Å². The molecule has 0 spiro atoms. The Morgan fingerprint density at radius 3 is 2.64 bits per heavy atom. The Balaban J connectivity index is 1.39. The number of fused-ring (bicyclic) bond motifs is 5. The number of aromatic nitrogens is 1. The maximum atomic E-state index is 13.5. The van der Waals surface area contributed by atoms with E-state index in [1.54, 1.807) is 0 Å². The molecular formula is C28H27N3O3S2. The first-order valence-electron chi connectivity index (χ1n) is 12.4. The highest BCUT2D eigenvalue weighted by Gasteiger charge is 2.31. The van der Waals surface area contributed by atoms with E-state index < -0.39 is 5.97 Å². The van der Waals surface area contributed by atoms with Crippen LogP contribution in [0.1, 0.15) is 67.4 Å². The number of nitrogens with one attached hydrogen (secondary N) is 1. The number of ether oxygens (including phenoxy) is 1. The summed E-state index contributed by atoms with van der Waals surface area (Å²) >= 11 is 2.77. The van der Waals surface area contributed by atoms with Crippen molar-refractivity contribution in [3.63, 3.8) is 0 Å². The fraction of sp³-hybridized carbons (Fsp3) is 0.321. The van der Waals surface area contributed by atoms with Crippen molar-refractivity contribution >= 4 is 55.5 Å². The molecule has 0 saturated heterocycles. The number of amides is 1. The Kier molecular flexibility index (Phi) is 6.01. The van der Waals surface area contributed by atoms with Crippen LogP contribution in [0.5, 0.6) is 0 Å². The second-order valence-corrected chi connectivity index (χ2v) is 11.5. The van der Waals surface area contributed by atoms with E-state index in [4.69, 9.17) is 15.5 Å². The van der Waals surface area contributed by atoms with E-state index in [1.807, 2.05) is 18.2 Å². The van der Waals surface area contributed by atoms with Gasteiger partial charge in [0.1, 0.15) is 20.3 Å². The van der Waals surface area contributed by atoms with E-state index in [2.05, 4.69) is 17.4 Å². The molecule has 2 aliphatic rings. The molecule has 184 valence electrons. The summed E-state index contributed by atoms with van der Waals surface area (Å²) < 4.78 is 5.14. The number of hydrogen-bond acceptors (Lipinski definition) is 7. The van der Waals surface area contributed by atoms with Crippen LogP contribution >= 0.6 is 22.7 Å². The number of esters is 1. The summed E-state index contributed by atoms with van der Waals surface area (Å²) in [5.74, 6) is -0.773. The molecule has 2 aliphatic carbocycles. The smallest absolute Gasteiger partial charge is 0.341 e. The standard InChI is InChI=1S/C28H27N3O3S2/c1-34-28(33)22-21-17-10-7-6-8-15(17)12-13-20(21)35-27(22)31-25(32)24-23(29)18-14-16-9-4-2-3-5-11-19(16)30-26(18)36-24/h6-8,10,14H,2-5,9,11-13,29H2,1H3,(H,31,32). The lowest BCUT2D eigenvalue weighted by Crippen LogP contribution is -2.14. The van der Waals surface area contributed by atoms with Gasteiger partial charge in [0.25, 0.3) is 5.91 Å². The molecule has 3 aromatic heterocycles. The van der Waals surface area contributed by atoms with E-state index in [0.29, 0.717) is 21.1 Å². The molecule has 4 aromatic rings. The summed E-state index contributed by atoms with van der Waals surface area (Å²) in [4.78, 5) is 33.6. The van der Waals surface area contributed by atoms with Gasteiger partial charge in [-0.05, 0) is 61.3 Å². The van der Waals surface area contributed by atoms with Crippen molar-refractivity contribution in [2.75, 3.05) is 18.2 Å². The number of aryl methyl sites for hydroxylation is 4. The molecule has 0 aliphatic heterocycles. The van der Waals surface area contributed by atoms with E-state index in [9.17, 15) is 9.59 Å². The molecule has 6 rings (SSSR count). The third kappa shape index (κ3) is 3.89. The molecule has 3 N–H and O–H groups in total. The van der Waals surface area contributed by atoms with Crippen molar-refractivity contribution in [1.82, 2.24) is 4.98 Å². The fourth-order valence-corrected chi connectivity index (χ4v) is 7.58. The van der Waals surface area contributed by atoms with E-state index in [-0.39, 0.29) is 5.91 Å². The zero-order valence-electron chi connectivity index (χ0n) is 20.1. The summed E-state index contributed by atoms with van der Waals surface area (Å²) in [6.45, 7) is 0. The Bertz CT molecular complexity index is 1520. The fourth-order valence-electron chi connectivity index (χ4n) is 5.40. The molecule has 6 nitrogen and oxygen atoms in total. The summed E-state index contributed by atoms with van der Waals surface area (Å²) in [6.07, 6.45) is 8.45. The van der Waals surface area contributed by atoms with E-state index in [0.717, 1.165) is 70.4 Å². The highest BCUT2D eigenvalue weighted by molar-refractivity contribution is 7.21. The summed E-state index contributed by atoms with van der Waals surface area (Å²) in [6, 6.07) is 10.2. The molecule has 36 heavy (non-hydrogen) atoms. The molecule has 0 atom stereocenters. The zero-order chi connectivity index (χ0) is 24.8. The van der Waals surface area contributed by atoms with Crippen molar-refractivity contribution < 1.29 is 14.3 Å². The van der Waals surface area contributed by atoms with Crippen LogP contribution in [0.2, 0.25) is 0 Å². The van der Waals surface area contributed by atoms with Crippen LogP contribution in [-0.4, -0.2) is 24.0 Å². The number of hydrogen-bond donors (Lipinski definition) is 2. The van der Waals surface area contributed by atoms with Gasteiger partial charge in [-0.2, -0.15) is 0 Å². The Labute approximate surface area is 217 Å². The number of carbonyl (C=O) groups is 2. The van der Waals surface area contributed by atoms with E-state index in [1.165, 1.54) is 53.8 Å². The Morgan fingerprint density at radius 1 is 1.00 bits per heavy atom. The number of rotatable bonds is 3. The lowest BCUT2D eigenvalue weighted by atomic mass is 9.88. The third-order valence-electron chi connectivity index (χ3n) is 7.21. The first-order valence-corrected chi connectivity index (χ1v) is 14.0. The molecule has 1 aromatic carbocycles. The summed E-state index contributed by atoms with van der Waals surface area (Å²) in [5.41, 5.74) is 12.8.